The number of hydrogen-bond donors (Lipinski definition) is 0. The zero-order valence-corrected chi connectivity index (χ0v) is 15.3. The van der Waals surface area contributed by atoms with Crippen LogP contribution in [0.3, 0.4) is 0 Å². The summed E-state index contributed by atoms with van der Waals surface area (Å²) in [7, 11) is -3.30. The number of fused-ring (bicyclic) bond motifs is 2. The van der Waals surface area contributed by atoms with E-state index in [9.17, 15) is 13.2 Å². The highest BCUT2D eigenvalue weighted by atomic mass is 32.2. The Balaban J connectivity index is 1.55. The van der Waals surface area contributed by atoms with Crippen LogP contribution in [0.15, 0.2) is 24.3 Å². The third-order valence-corrected chi connectivity index (χ3v) is 6.95. The van der Waals surface area contributed by atoms with E-state index in [2.05, 4.69) is 0 Å². The maximum atomic E-state index is 12.6. The molecular weight excluding hydrogens is 340 g/mol. The van der Waals surface area contributed by atoms with E-state index in [0.29, 0.717) is 26.2 Å². The summed E-state index contributed by atoms with van der Waals surface area (Å²) in [5.74, 6) is 0.0959. The molecule has 2 fully saturated rings. The average molecular weight is 364 g/mol. The molecule has 3 aliphatic rings. The highest BCUT2D eigenvalue weighted by molar-refractivity contribution is 7.92. The van der Waals surface area contributed by atoms with Gasteiger partial charge in [0.05, 0.1) is 11.9 Å². The molecule has 3 heterocycles. The van der Waals surface area contributed by atoms with Gasteiger partial charge in [-0.25, -0.2) is 8.42 Å². The summed E-state index contributed by atoms with van der Waals surface area (Å²) >= 11 is 0. The van der Waals surface area contributed by atoms with Crippen molar-refractivity contribution in [3.05, 3.63) is 29.8 Å². The number of para-hydroxylation sites is 1. The van der Waals surface area contributed by atoms with E-state index in [1.807, 2.05) is 29.2 Å². The molecule has 25 heavy (non-hydrogen) atoms. The summed E-state index contributed by atoms with van der Waals surface area (Å²) in [4.78, 5) is 14.5. The molecule has 4 rings (SSSR count). The summed E-state index contributed by atoms with van der Waals surface area (Å²) in [6.07, 6.45) is 4.32. The Morgan fingerprint density at radius 2 is 1.96 bits per heavy atom. The minimum absolute atomic E-state index is 0.0959. The van der Waals surface area contributed by atoms with Gasteiger partial charge in [-0.1, -0.05) is 18.2 Å². The predicted octanol–water partition coefficient (Wildman–Crippen LogP) is 1.51. The molecule has 0 N–H and O–H groups in total. The maximum Gasteiger partial charge on any atom is 0.251 e. The van der Waals surface area contributed by atoms with E-state index in [-0.39, 0.29) is 17.4 Å². The fraction of sp³-hybridized carbons (Fsp3) is 0.611. The summed E-state index contributed by atoms with van der Waals surface area (Å²) in [6.45, 7) is 2.47. The average Bonchev–Trinajstić information content (AvgIpc) is 3.23. The second-order valence-electron chi connectivity index (χ2n) is 7.39. The quantitative estimate of drug-likeness (QED) is 0.798. The van der Waals surface area contributed by atoms with Gasteiger partial charge in [0.25, 0.3) is 5.91 Å². The standard InChI is InChI=1S/C18H24N2O4S/c1-25(22,23)20-13-18(14-5-2-3-6-15(14)20)8-10-19(11-9-18)17(21)16-7-4-12-24-16/h2-3,5-6,16H,4,7-13H2,1H3/t16-/m1/s1. The minimum atomic E-state index is -3.30. The number of piperidine rings is 1. The number of anilines is 1. The number of likely N-dealkylation sites (tertiary alicyclic amines) is 1. The first-order valence-electron chi connectivity index (χ1n) is 8.88. The van der Waals surface area contributed by atoms with E-state index in [4.69, 9.17) is 4.74 Å². The predicted molar refractivity (Wildman–Crippen MR) is 95.1 cm³/mol. The van der Waals surface area contributed by atoms with Gasteiger partial charge in [0.2, 0.25) is 10.0 Å². The van der Waals surface area contributed by atoms with Crippen molar-refractivity contribution < 1.29 is 17.9 Å². The highest BCUT2D eigenvalue weighted by Crippen LogP contribution is 2.47. The fourth-order valence-electron chi connectivity index (χ4n) is 4.44. The van der Waals surface area contributed by atoms with E-state index >= 15 is 0 Å². The molecule has 1 aromatic rings. The van der Waals surface area contributed by atoms with Gasteiger partial charge in [0, 0.05) is 31.7 Å². The van der Waals surface area contributed by atoms with Gasteiger partial charge in [-0.2, -0.15) is 0 Å². The van der Waals surface area contributed by atoms with Crippen molar-refractivity contribution >= 4 is 21.6 Å². The molecule has 0 unspecified atom stereocenters. The van der Waals surface area contributed by atoms with Crippen molar-refractivity contribution in [2.45, 2.75) is 37.2 Å². The van der Waals surface area contributed by atoms with Gasteiger partial charge in [-0.3, -0.25) is 9.10 Å². The van der Waals surface area contributed by atoms with Gasteiger partial charge >= 0.3 is 0 Å². The lowest BCUT2D eigenvalue weighted by Gasteiger charge is -2.40. The number of hydrogen-bond acceptors (Lipinski definition) is 4. The number of benzene rings is 1. The van der Waals surface area contributed by atoms with Crippen molar-refractivity contribution in [2.75, 3.05) is 36.8 Å². The van der Waals surface area contributed by atoms with Crippen molar-refractivity contribution in [3.63, 3.8) is 0 Å². The monoisotopic (exact) mass is 364 g/mol. The smallest absolute Gasteiger partial charge is 0.251 e. The second-order valence-corrected chi connectivity index (χ2v) is 9.30. The highest BCUT2D eigenvalue weighted by Gasteiger charge is 2.47. The Bertz CT molecular complexity index is 778. The Morgan fingerprint density at radius 1 is 1.24 bits per heavy atom. The van der Waals surface area contributed by atoms with Crippen LogP contribution in [0.1, 0.15) is 31.2 Å². The second kappa shape index (κ2) is 5.99. The Kier molecular flexibility index (Phi) is 4.03. The van der Waals surface area contributed by atoms with E-state index < -0.39 is 10.0 Å². The molecule has 0 aromatic heterocycles. The van der Waals surface area contributed by atoms with E-state index in [1.165, 1.54) is 10.6 Å². The van der Waals surface area contributed by atoms with E-state index in [0.717, 1.165) is 36.9 Å². The van der Waals surface area contributed by atoms with Gasteiger partial charge in [0.1, 0.15) is 6.10 Å². The SMILES string of the molecule is CS(=O)(=O)N1CC2(CCN(C(=O)[C@H]3CCCO3)CC2)c2ccccc21. The Morgan fingerprint density at radius 3 is 2.60 bits per heavy atom. The summed E-state index contributed by atoms with van der Waals surface area (Å²) in [5, 5.41) is 0. The number of sulfonamides is 1. The molecule has 1 spiro atoms. The van der Waals surface area contributed by atoms with Crippen LogP contribution >= 0.6 is 0 Å². The molecule has 1 atom stereocenters. The molecule has 3 aliphatic heterocycles. The van der Waals surface area contributed by atoms with Crippen molar-refractivity contribution in [3.8, 4) is 0 Å². The first-order chi connectivity index (χ1) is 11.9. The largest absolute Gasteiger partial charge is 0.368 e. The molecule has 0 saturated carbocycles. The van der Waals surface area contributed by atoms with Crippen molar-refractivity contribution in [2.24, 2.45) is 0 Å². The third-order valence-electron chi connectivity index (χ3n) is 5.83. The van der Waals surface area contributed by atoms with Crippen LogP contribution in [0.4, 0.5) is 5.69 Å². The van der Waals surface area contributed by atoms with Gasteiger partial charge < -0.3 is 9.64 Å². The summed E-state index contributed by atoms with van der Waals surface area (Å²) < 4.78 is 31.5. The van der Waals surface area contributed by atoms with Crippen LogP contribution in [-0.4, -0.2) is 57.8 Å². The van der Waals surface area contributed by atoms with Crippen LogP contribution in [0.5, 0.6) is 0 Å². The van der Waals surface area contributed by atoms with Crippen molar-refractivity contribution in [1.29, 1.82) is 0 Å². The lowest BCUT2D eigenvalue weighted by atomic mass is 9.74. The van der Waals surface area contributed by atoms with Crippen LogP contribution in [0.2, 0.25) is 0 Å². The normalized spacial score (nSPS) is 25.4. The van der Waals surface area contributed by atoms with Crippen LogP contribution in [-0.2, 0) is 25.0 Å². The Hall–Kier alpha value is -1.60. The van der Waals surface area contributed by atoms with Crippen LogP contribution in [0.25, 0.3) is 0 Å². The molecule has 0 bridgehead atoms. The lowest BCUT2D eigenvalue weighted by Crippen LogP contribution is -2.50. The van der Waals surface area contributed by atoms with Crippen LogP contribution in [0, 0.1) is 0 Å². The molecule has 0 radical (unpaired) electrons. The third kappa shape index (κ3) is 2.83. The zero-order chi connectivity index (χ0) is 17.7. The molecule has 136 valence electrons. The van der Waals surface area contributed by atoms with Gasteiger partial charge in [0.15, 0.2) is 0 Å². The molecule has 0 aliphatic carbocycles. The lowest BCUT2D eigenvalue weighted by molar-refractivity contribution is -0.142. The first-order valence-corrected chi connectivity index (χ1v) is 10.7. The fourth-order valence-corrected chi connectivity index (χ4v) is 5.44. The molecule has 6 nitrogen and oxygen atoms in total. The number of carbonyl (C=O) groups excluding carboxylic acids is 1. The van der Waals surface area contributed by atoms with E-state index in [1.54, 1.807) is 0 Å². The zero-order valence-electron chi connectivity index (χ0n) is 14.5. The minimum Gasteiger partial charge on any atom is -0.368 e. The number of carbonyl (C=O) groups is 1. The molecule has 1 amide bonds. The molecule has 2 saturated heterocycles. The number of amides is 1. The first kappa shape index (κ1) is 16.8. The number of nitrogens with zero attached hydrogens (tertiary/aromatic N) is 2. The van der Waals surface area contributed by atoms with Gasteiger partial charge in [-0.05, 0) is 37.3 Å². The molecule has 7 heteroatoms. The topological polar surface area (TPSA) is 66.9 Å². The maximum absolute atomic E-state index is 12.6. The molecular formula is C18H24N2O4S. The summed E-state index contributed by atoms with van der Waals surface area (Å²) in [5.41, 5.74) is 1.71. The van der Waals surface area contributed by atoms with Gasteiger partial charge in [-0.15, -0.1) is 0 Å². The number of rotatable bonds is 2. The van der Waals surface area contributed by atoms with Crippen LogP contribution < -0.4 is 4.31 Å². The summed E-state index contributed by atoms with van der Waals surface area (Å²) in [6, 6.07) is 7.77. The molecule has 1 aromatic carbocycles. The number of ether oxygens (including phenoxy) is 1. The Labute approximate surface area is 148 Å². The van der Waals surface area contributed by atoms with Crippen molar-refractivity contribution in [1.82, 2.24) is 4.90 Å².